The first-order valence-corrected chi connectivity index (χ1v) is 8.73. The fourth-order valence-electron chi connectivity index (χ4n) is 3.13. The summed E-state index contributed by atoms with van der Waals surface area (Å²) in [6.07, 6.45) is -0.288. The lowest BCUT2D eigenvalue weighted by molar-refractivity contribution is -0.135. The number of carbonyl (C=O) groups excluding carboxylic acids is 1. The zero-order chi connectivity index (χ0) is 16.8. The molecule has 2 aliphatic heterocycles. The van der Waals surface area contributed by atoms with E-state index >= 15 is 0 Å². The predicted octanol–water partition coefficient (Wildman–Crippen LogP) is 1.93. The molecule has 1 fully saturated rings. The van der Waals surface area contributed by atoms with Crippen LogP contribution in [0.1, 0.15) is 17.0 Å². The van der Waals surface area contributed by atoms with Crippen molar-refractivity contribution in [3.8, 4) is 11.5 Å². The summed E-state index contributed by atoms with van der Waals surface area (Å²) in [6, 6.07) is 5.93. The third kappa shape index (κ3) is 2.76. The van der Waals surface area contributed by atoms with Crippen LogP contribution >= 0.6 is 15.9 Å². The molecule has 1 aromatic heterocycles. The number of aliphatic hydroxyl groups excluding tert-OH is 1. The van der Waals surface area contributed by atoms with Crippen molar-refractivity contribution < 1.29 is 14.3 Å². The number of aliphatic hydroxyl groups is 1. The highest BCUT2D eigenvalue weighted by Crippen LogP contribution is 2.32. The summed E-state index contributed by atoms with van der Waals surface area (Å²) >= 11 is 3.52. The summed E-state index contributed by atoms with van der Waals surface area (Å²) in [7, 11) is 0. The maximum atomic E-state index is 12.3. The monoisotopic (exact) mass is 391 g/mol. The van der Waals surface area contributed by atoms with Crippen molar-refractivity contribution in [2.24, 2.45) is 0 Å². The SMILES string of the molecule is Cc1c(Br)cccc1-c1nc2c(o1)CN(C(=O)CN1CC(O)C1)C2. The summed E-state index contributed by atoms with van der Waals surface area (Å²) in [5.74, 6) is 1.42. The maximum Gasteiger partial charge on any atom is 0.237 e. The molecule has 0 spiro atoms. The van der Waals surface area contributed by atoms with Gasteiger partial charge in [0, 0.05) is 23.1 Å². The highest BCUT2D eigenvalue weighted by Gasteiger charge is 2.32. The molecule has 1 amide bonds. The lowest BCUT2D eigenvalue weighted by atomic mass is 10.1. The van der Waals surface area contributed by atoms with Crippen LogP contribution in [0.15, 0.2) is 27.1 Å². The highest BCUT2D eigenvalue weighted by molar-refractivity contribution is 9.10. The minimum Gasteiger partial charge on any atom is -0.439 e. The molecule has 6 nitrogen and oxygen atoms in total. The van der Waals surface area contributed by atoms with E-state index in [9.17, 15) is 9.90 Å². The predicted molar refractivity (Wildman–Crippen MR) is 91.1 cm³/mol. The van der Waals surface area contributed by atoms with Gasteiger partial charge in [-0.2, -0.15) is 0 Å². The number of β-amino-alcohol motifs (C(OH)–C–C–N with tert-alkyl or cyclic N) is 1. The van der Waals surface area contributed by atoms with Crippen LogP contribution in [0.4, 0.5) is 0 Å². The van der Waals surface area contributed by atoms with Gasteiger partial charge in [-0.05, 0) is 24.6 Å². The van der Waals surface area contributed by atoms with Gasteiger partial charge in [0.05, 0.1) is 25.7 Å². The average molecular weight is 392 g/mol. The number of benzene rings is 1. The summed E-state index contributed by atoms with van der Waals surface area (Å²) in [4.78, 5) is 20.6. The fraction of sp³-hybridized carbons (Fsp3) is 0.412. The lowest BCUT2D eigenvalue weighted by Crippen LogP contribution is -2.53. The van der Waals surface area contributed by atoms with Crippen molar-refractivity contribution >= 4 is 21.8 Å². The number of rotatable bonds is 3. The van der Waals surface area contributed by atoms with Crippen LogP contribution in [-0.4, -0.2) is 51.5 Å². The van der Waals surface area contributed by atoms with E-state index in [4.69, 9.17) is 4.42 Å². The first-order chi connectivity index (χ1) is 11.5. The van der Waals surface area contributed by atoms with Crippen LogP contribution in [0.3, 0.4) is 0 Å². The van der Waals surface area contributed by atoms with Crippen LogP contribution < -0.4 is 0 Å². The normalized spacial score (nSPS) is 17.9. The second kappa shape index (κ2) is 5.98. The number of aromatic nitrogens is 1. The van der Waals surface area contributed by atoms with E-state index in [2.05, 4.69) is 20.9 Å². The standard InChI is InChI=1S/C17H18BrN3O3/c1-10-12(3-2-4-13(10)18)17-19-14-7-21(8-15(14)24-17)16(23)9-20-5-11(22)6-20/h2-4,11,22H,5-9H2,1H3. The van der Waals surface area contributed by atoms with Gasteiger partial charge in [-0.15, -0.1) is 0 Å². The lowest BCUT2D eigenvalue weighted by Gasteiger charge is -2.35. The largest absolute Gasteiger partial charge is 0.439 e. The first-order valence-electron chi connectivity index (χ1n) is 7.93. The smallest absolute Gasteiger partial charge is 0.237 e. The number of halogens is 1. The number of carbonyl (C=O) groups is 1. The van der Waals surface area contributed by atoms with Gasteiger partial charge < -0.3 is 14.4 Å². The molecule has 0 unspecified atom stereocenters. The molecule has 4 rings (SSSR count). The molecule has 2 aliphatic rings. The minimum atomic E-state index is -0.288. The van der Waals surface area contributed by atoms with Gasteiger partial charge in [0.1, 0.15) is 11.5 Å². The van der Waals surface area contributed by atoms with Crippen molar-refractivity contribution in [3.63, 3.8) is 0 Å². The Bertz CT molecular complexity index is 775. The van der Waals surface area contributed by atoms with E-state index < -0.39 is 0 Å². The van der Waals surface area contributed by atoms with Gasteiger partial charge in [0.15, 0.2) is 0 Å². The van der Waals surface area contributed by atoms with Gasteiger partial charge in [0.25, 0.3) is 0 Å². The second-order valence-electron chi connectivity index (χ2n) is 6.40. The number of amides is 1. The molecule has 0 saturated carbocycles. The molecule has 3 heterocycles. The molecule has 2 aromatic rings. The Morgan fingerprint density at radius 1 is 1.42 bits per heavy atom. The Balaban J connectivity index is 1.46. The number of oxazole rings is 1. The van der Waals surface area contributed by atoms with Crippen LogP contribution in [0.2, 0.25) is 0 Å². The fourth-order valence-corrected chi connectivity index (χ4v) is 3.50. The molecule has 0 bridgehead atoms. The summed E-state index contributed by atoms with van der Waals surface area (Å²) in [5.41, 5.74) is 2.88. The molecule has 0 aliphatic carbocycles. The Morgan fingerprint density at radius 3 is 2.92 bits per heavy atom. The van der Waals surface area contributed by atoms with Gasteiger partial charge >= 0.3 is 0 Å². The van der Waals surface area contributed by atoms with Gasteiger partial charge in [-0.25, -0.2) is 4.98 Å². The Morgan fingerprint density at radius 2 is 2.21 bits per heavy atom. The van der Waals surface area contributed by atoms with Crippen molar-refractivity contribution in [2.45, 2.75) is 26.1 Å². The number of hydrogen-bond acceptors (Lipinski definition) is 5. The average Bonchev–Trinajstić information content (AvgIpc) is 3.07. The van der Waals surface area contributed by atoms with Crippen LogP contribution in [0.25, 0.3) is 11.5 Å². The molecule has 1 aromatic carbocycles. The Hall–Kier alpha value is -1.70. The number of likely N-dealkylation sites (tertiary alicyclic amines) is 1. The number of nitrogens with zero attached hydrogens (tertiary/aromatic N) is 3. The molecule has 0 radical (unpaired) electrons. The van der Waals surface area contributed by atoms with Crippen LogP contribution in [0.5, 0.6) is 0 Å². The zero-order valence-corrected chi connectivity index (χ0v) is 14.9. The molecule has 1 saturated heterocycles. The summed E-state index contributed by atoms with van der Waals surface area (Å²) in [5, 5.41) is 9.29. The molecule has 24 heavy (non-hydrogen) atoms. The van der Waals surface area contributed by atoms with E-state index in [0.717, 1.165) is 27.1 Å². The molecule has 126 valence electrons. The molecular weight excluding hydrogens is 374 g/mol. The van der Waals surface area contributed by atoms with E-state index in [0.29, 0.717) is 38.6 Å². The summed E-state index contributed by atoms with van der Waals surface area (Å²) in [6.45, 7) is 4.47. The quantitative estimate of drug-likeness (QED) is 0.865. The van der Waals surface area contributed by atoms with Crippen LogP contribution in [-0.2, 0) is 17.9 Å². The first kappa shape index (κ1) is 15.8. The van der Waals surface area contributed by atoms with E-state index in [1.165, 1.54) is 0 Å². The van der Waals surface area contributed by atoms with E-state index in [-0.39, 0.29) is 12.0 Å². The third-order valence-electron chi connectivity index (χ3n) is 4.60. The van der Waals surface area contributed by atoms with Crippen LogP contribution in [0, 0.1) is 6.92 Å². The minimum absolute atomic E-state index is 0.0512. The highest BCUT2D eigenvalue weighted by atomic mass is 79.9. The molecule has 7 heteroatoms. The molecular formula is C17H18BrN3O3. The topological polar surface area (TPSA) is 69.8 Å². The van der Waals surface area contributed by atoms with Crippen molar-refractivity contribution in [2.75, 3.05) is 19.6 Å². The maximum absolute atomic E-state index is 12.3. The van der Waals surface area contributed by atoms with Crippen molar-refractivity contribution in [3.05, 3.63) is 39.7 Å². The molecule has 0 atom stereocenters. The third-order valence-corrected chi connectivity index (χ3v) is 5.46. The van der Waals surface area contributed by atoms with E-state index in [1.807, 2.05) is 30.0 Å². The Kier molecular flexibility index (Phi) is 3.94. The second-order valence-corrected chi connectivity index (χ2v) is 7.25. The van der Waals surface area contributed by atoms with Crippen molar-refractivity contribution in [1.82, 2.24) is 14.8 Å². The van der Waals surface area contributed by atoms with Crippen molar-refractivity contribution in [1.29, 1.82) is 0 Å². The molecule has 1 N–H and O–H groups in total. The van der Waals surface area contributed by atoms with Gasteiger partial charge in [-0.1, -0.05) is 22.0 Å². The Labute approximate surface area is 148 Å². The number of fused-ring (bicyclic) bond motifs is 1. The number of hydrogen-bond donors (Lipinski definition) is 1. The van der Waals surface area contributed by atoms with Gasteiger partial charge in [0.2, 0.25) is 11.8 Å². The zero-order valence-electron chi connectivity index (χ0n) is 13.3. The van der Waals surface area contributed by atoms with Gasteiger partial charge in [-0.3, -0.25) is 9.69 Å². The summed E-state index contributed by atoms with van der Waals surface area (Å²) < 4.78 is 6.93. The van der Waals surface area contributed by atoms with E-state index in [1.54, 1.807) is 4.90 Å².